The van der Waals surface area contributed by atoms with Gasteiger partial charge in [0.2, 0.25) is 0 Å². The van der Waals surface area contributed by atoms with Gasteiger partial charge in [0, 0.05) is 48.9 Å². The van der Waals surface area contributed by atoms with Gasteiger partial charge >= 0.3 is 0 Å². The van der Waals surface area contributed by atoms with E-state index >= 15 is 0 Å². The SMILES string of the molecule is Cc1nn(C)cc1CN(C)Cc1cnc(SCc2c(F)ccc(F)c2F)n1-c1ccc(F)cc1. The van der Waals surface area contributed by atoms with Crippen LogP contribution in [0.2, 0.25) is 0 Å². The summed E-state index contributed by atoms with van der Waals surface area (Å²) in [6, 6.07) is 7.56. The van der Waals surface area contributed by atoms with Crippen LogP contribution in [0, 0.1) is 30.2 Å². The van der Waals surface area contributed by atoms with E-state index in [9.17, 15) is 17.6 Å². The van der Waals surface area contributed by atoms with Crippen molar-refractivity contribution in [3.8, 4) is 5.69 Å². The highest BCUT2D eigenvalue weighted by Gasteiger charge is 2.19. The molecule has 2 aromatic carbocycles. The molecule has 0 fully saturated rings. The number of benzene rings is 2. The van der Waals surface area contributed by atoms with E-state index in [1.807, 2.05) is 31.8 Å². The van der Waals surface area contributed by atoms with E-state index in [4.69, 9.17) is 0 Å². The topological polar surface area (TPSA) is 38.9 Å². The van der Waals surface area contributed by atoms with Crippen LogP contribution in [0.1, 0.15) is 22.5 Å². The van der Waals surface area contributed by atoms with E-state index < -0.39 is 17.5 Å². The normalized spacial score (nSPS) is 11.5. The van der Waals surface area contributed by atoms with E-state index in [1.165, 1.54) is 12.1 Å². The Bertz CT molecular complexity index is 1300. The molecule has 10 heteroatoms. The summed E-state index contributed by atoms with van der Waals surface area (Å²) in [5.41, 5.74) is 3.13. The maximum atomic E-state index is 14.1. The van der Waals surface area contributed by atoms with E-state index in [2.05, 4.69) is 15.0 Å². The van der Waals surface area contributed by atoms with Crippen LogP contribution in [-0.2, 0) is 25.9 Å². The predicted octanol–water partition coefficient (Wildman–Crippen LogP) is 5.39. The van der Waals surface area contributed by atoms with Crippen LogP contribution in [0.3, 0.4) is 0 Å². The van der Waals surface area contributed by atoms with Gasteiger partial charge in [-0.25, -0.2) is 22.5 Å². The van der Waals surface area contributed by atoms with Crippen LogP contribution in [0.15, 0.2) is 53.9 Å². The molecular formula is C24H23F4N5S. The van der Waals surface area contributed by atoms with Crippen molar-refractivity contribution in [2.75, 3.05) is 7.05 Å². The minimum Gasteiger partial charge on any atom is -0.296 e. The Hall–Kier alpha value is -3.11. The Labute approximate surface area is 199 Å². The highest BCUT2D eigenvalue weighted by atomic mass is 32.2. The molecule has 4 aromatic rings. The average Bonchev–Trinajstić information content (AvgIpc) is 3.33. The highest BCUT2D eigenvalue weighted by molar-refractivity contribution is 7.98. The largest absolute Gasteiger partial charge is 0.296 e. The molecule has 0 aliphatic rings. The molecule has 0 aliphatic carbocycles. The minimum atomic E-state index is -1.21. The number of thioether (sulfide) groups is 1. The van der Waals surface area contributed by atoms with Crippen LogP contribution >= 0.6 is 11.8 Å². The molecule has 0 bridgehead atoms. The number of aryl methyl sites for hydroxylation is 2. The smallest absolute Gasteiger partial charge is 0.173 e. The Morgan fingerprint density at radius 1 is 0.971 bits per heavy atom. The zero-order chi connectivity index (χ0) is 24.4. The molecule has 0 atom stereocenters. The van der Waals surface area contributed by atoms with Gasteiger partial charge in [-0.1, -0.05) is 11.8 Å². The number of hydrogen-bond donors (Lipinski definition) is 0. The second-order valence-corrected chi connectivity index (χ2v) is 8.98. The summed E-state index contributed by atoms with van der Waals surface area (Å²) < 4.78 is 59.0. The van der Waals surface area contributed by atoms with Gasteiger partial charge in [0.25, 0.3) is 0 Å². The zero-order valence-electron chi connectivity index (χ0n) is 18.9. The van der Waals surface area contributed by atoms with Gasteiger partial charge in [0.15, 0.2) is 16.8 Å². The molecule has 2 aromatic heterocycles. The maximum Gasteiger partial charge on any atom is 0.173 e. The van der Waals surface area contributed by atoms with Gasteiger partial charge in [0.05, 0.1) is 17.6 Å². The minimum absolute atomic E-state index is 0.155. The lowest BCUT2D eigenvalue weighted by atomic mass is 10.2. The molecule has 4 rings (SSSR count). The quantitative estimate of drug-likeness (QED) is 0.189. The zero-order valence-corrected chi connectivity index (χ0v) is 19.7. The number of rotatable bonds is 8. The molecule has 178 valence electrons. The van der Waals surface area contributed by atoms with Crippen molar-refractivity contribution in [1.29, 1.82) is 0 Å². The first kappa shape index (κ1) is 24.0. The lowest BCUT2D eigenvalue weighted by Gasteiger charge is -2.18. The van der Waals surface area contributed by atoms with Crippen molar-refractivity contribution in [3.63, 3.8) is 0 Å². The highest BCUT2D eigenvalue weighted by Crippen LogP contribution is 2.29. The monoisotopic (exact) mass is 489 g/mol. The molecule has 2 heterocycles. The molecule has 0 amide bonds. The Balaban J connectivity index is 1.62. The first-order valence-corrected chi connectivity index (χ1v) is 11.5. The van der Waals surface area contributed by atoms with Gasteiger partial charge in [-0.15, -0.1) is 0 Å². The standard InChI is InChI=1S/C24H23F4N5S/c1-15-16(12-32(3)30-15)11-31(2)13-19-10-29-24(33(19)18-6-4-17(25)5-7-18)34-14-20-21(26)8-9-22(27)23(20)28/h4-10,12H,11,13-14H2,1-3H3. The second kappa shape index (κ2) is 10.0. The van der Waals surface area contributed by atoms with Crippen LogP contribution in [0.4, 0.5) is 17.6 Å². The Kier molecular flexibility index (Phi) is 7.08. The van der Waals surface area contributed by atoms with E-state index in [1.54, 1.807) is 23.0 Å². The third-order valence-electron chi connectivity index (χ3n) is 5.36. The molecule has 0 saturated carbocycles. The van der Waals surface area contributed by atoms with Gasteiger partial charge in [0.1, 0.15) is 11.6 Å². The Morgan fingerprint density at radius 3 is 2.35 bits per heavy atom. The summed E-state index contributed by atoms with van der Waals surface area (Å²) in [6.07, 6.45) is 3.64. The summed E-state index contributed by atoms with van der Waals surface area (Å²) in [7, 11) is 3.83. The molecule has 0 unspecified atom stereocenters. The fourth-order valence-electron chi connectivity index (χ4n) is 3.71. The van der Waals surface area contributed by atoms with Crippen molar-refractivity contribution in [3.05, 3.63) is 94.6 Å². The number of hydrogen-bond acceptors (Lipinski definition) is 4. The van der Waals surface area contributed by atoms with E-state index in [0.717, 1.165) is 40.8 Å². The molecule has 0 aliphatic heterocycles. The predicted molar refractivity (Wildman–Crippen MR) is 123 cm³/mol. The second-order valence-electron chi connectivity index (χ2n) is 8.04. The van der Waals surface area contributed by atoms with Crippen LogP contribution in [0.5, 0.6) is 0 Å². The lowest BCUT2D eigenvalue weighted by molar-refractivity contribution is 0.312. The van der Waals surface area contributed by atoms with Crippen molar-refractivity contribution in [2.24, 2.45) is 7.05 Å². The maximum absolute atomic E-state index is 14.1. The van der Waals surface area contributed by atoms with Gasteiger partial charge in [-0.2, -0.15) is 5.10 Å². The van der Waals surface area contributed by atoms with Gasteiger partial charge in [-0.3, -0.25) is 14.1 Å². The summed E-state index contributed by atoms with van der Waals surface area (Å²) in [4.78, 5) is 6.53. The number of nitrogens with zero attached hydrogens (tertiary/aromatic N) is 5. The fraction of sp³-hybridized carbons (Fsp3) is 0.250. The third kappa shape index (κ3) is 5.18. The average molecular weight is 490 g/mol. The van der Waals surface area contributed by atoms with E-state index in [0.29, 0.717) is 23.9 Å². The summed E-state index contributed by atoms with van der Waals surface area (Å²) in [5.74, 6) is -3.67. The van der Waals surface area contributed by atoms with Crippen molar-refractivity contribution >= 4 is 11.8 Å². The van der Waals surface area contributed by atoms with E-state index in [-0.39, 0.29) is 17.1 Å². The summed E-state index contributed by atoms with van der Waals surface area (Å²) in [6.45, 7) is 3.10. The molecule has 34 heavy (non-hydrogen) atoms. The van der Waals surface area contributed by atoms with Gasteiger partial charge < -0.3 is 0 Å². The molecule has 5 nitrogen and oxygen atoms in total. The van der Waals surface area contributed by atoms with Crippen molar-refractivity contribution in [1.82, 2.24) is 24.2 Å². The molecule has 0 spiro atoms. The third-order valence-corrected chi connectivity index (χ3v) is 6.34. The van der Waals surface area contributed by atoms with Crippen LogP contribution in [-0.4, -0.2) is 31.3 Å². The van der Waals surface area contributed by atoms with Gasteiger partial charge in [-0.05, 0) is 50.4 Å². The molecule has 0 N–H and O–H groups in total. The molecular weight excluding hydrogens is 466 g/mol. The summed E-state index contributed by atoms with van der Waals surface area (Å²) >= 11 is 1.07. The first-order valence-electron chi connectivity index (χ1n) is 10.5. The molecule has 0 saturated heterocycles. The first-order chi connectivity index (χ1) is 16.2. The van der Waals surface area contributed by atoms with Crippen LogP contribution < -0.4 is 0 Å². The van der Waals surface area contributed by atoms with Crippen molar-refractivity contribution in [2.45, 2.75) is 30.9 Å². The van der Waals surface area contributed by atoms with Crippen LogP contribution in [0.25, 0.3) is 5.69 Å². The van der Waals surface area contributed by atoms with Crippen molar-refractivity contribution < 1.29 is 17.6 Å². The lowest BCUT2D eigenvalue weighted by Crippen LogP contribution is -2.19. The fourth-order valence-corrected chi connectivity index (χ4v) is 4.73. The number of imidazole rings is 1. The number of aromatic nitrogens is 4. The summed E-state index contributed by atoms with van der Waals surface area (Å²) in [5, 5.41) is 4.82. The molecule has 0 radical (unpaired) electrons. The number of halogens is 4. The Morgan fingerprint density at radius 2 is 1.68 bits per heavy atom.